The molecule has 2 rings (SSSR count). The Morgan fingerprint density at radius 2 is 2.06 bits per heavy atom. The molecule has 96 valence electrons. The minimum Gasteiger partial charge on any atom is -0.489 e. The highest BCUT2D eigenvalue weighted by molar-refractivity contribution is 5.47. The van der Waals surface area contributed by atoms with E-state index in [0.717, 1.165) is 37.0 Å². The first-order valence-electron chi connectivity index (χ1n) is 6.51. The Bertz CT molecular complexity index is 442. The van der Waals surface area contributed by atoms with Crippen molar-refractivity contribution in [2.45, 2.75) is 38.7 Å². The molecule has 0 heterocycles. The summed E-state index contributed by atoms with van der Waals surface area (Å²) in [4.78, 5) is 0. The minimum absolute atomic E-state index is 0.181. The van der Waals surface area contributed by atoms with Crippen LogP contribution in [0.15, 0.2) is 18.2 Å². The van der Waals surface area contributed by atoms with Crippen LogP contribution >= 0.6 is 0 Å². The fraction of sp³-hybridized carbons (Fsp3) is 0.533. The van der Waals surface area contributed by atoms with Crippen LogP contribution in [0.5, 0.6) is 5.75 Å². The van der Waals surface area contributed by atoms with Crippen molar-refractivity contribution in [3.63, 3.8) is 0 Å². The zero-order chi connectivity index (χ0) is 13.0. The van der Waals surface area contributed by atoms with E-state index in [1.54, 1.807) is 6.07 Å². The summed E-state index contributed by atoms with van der Waals surface area (Å²) < 4.78 is 6.00. The molecule has 18 heavy (non-hydrogen) atoms. The molecular formula is C15H19NO2. The highest BCUT2D eigenvalue weighted by Crippen LogP contribution is 2.30. The van der Waals surface area contributed by atoms with Crippen LogP contribution in [0.1, 0.15) is 36.8 Å². The second-order valence-electron chi connectivity index (χ2n) is 5.01. The van der Waals surface area contributed by atoms with E-state index in [1.165, 1.54) is 0 Å². The lowest BCUT2D eigenvalue weighted by molar-refractivity contribution is 0.103. The molecule has 1 saturated carbocycles. The molecule has 3 nitrogen and oxygen atoms in total. The van der Waals surface area contributed by atoms with Gasteiger partial charge in [0, 0.05) is 6.61 Å². The second kappa shape index (κ2) is 5.88. The van der Waals surface area contributed by atoms with Gasteiger partial charge >= 0.3 is 0 Å². The Morgan fingerprint density at radius 3 is 2.67 bits per heavy atom. The van der Waals surface area contributed by atoms with Crippen molar-refractivity contribution in [3.05, 3.63) is 29.3 Å². The fourth-order valence-corrected chi connectivity index (χ4v) is 2.50. The molecule has 1 N–H and O–H groups in total. The first-order chi connectivity index (χ1) is 8.74. The van der Waals surface area contributed by atoms with E-state index >= 15 is 0 Å². The number of para-hydroxylation sites is 1. The number of nitrogens with zero attached hydrogens (tertiary/aromatic N) is 1. The second-order valence-corrected chi connectivity index (χ2v) is 5.01. The fourth-order valence-electron chi connectivity index (χ4n) is 2.50. The molecule has 0 atom stereocenters. The van der Waals surface area contributed by atoms with E-state index in [1.807, 2.05) is 19.1 Å². The lowest BCUT2D eigenvalue weighted by Gasteiger charge is -2.28. The third-order valence-electron chi connectivity index (χ3n) is 3.67. The molecule has 1 fully saturated rings. The van der Waals surface area contributed by atoms with Crippen LogP contribution in [0.3, 0.4) is 0 Å². The van der Waals surface area contributed by atoms with Crippen LogP contribution in [-0.2, 0) is 0 Å². The number of aryl methyl sites for hydroxylation is 1. The normalized spacial score (nSPS) is 23.4. The van der Waals surface area contributed by atoms with Crippen molar-refractivity contribution in [1.82, 2.24) is 0 Å². The Morgan fingerprint density at radius 1 is 1.33 bits per heavy atom. The summed E-state index contributed by atoms with van der Waals surface area (Å²) in [6, 6.07) is 7.82. The van der Waals surface area contributed by atoms with Gasteiger partial charge in [-0.2, -0.15) is 5.26 Å². The largest absolute Gasteiger partial charge is 0.489 e. The molecule has 0 unspecified atom stereocenters. The first kappa shape index (κ1) is 12.9. The average molecular weight is 245 g/mol. The van der Waals surface area contributed by atoms with Crippen LogP contribution in [-0.4, -0.2) is 17.8 Å². The Hall–Kier alpha value is -1.53. The van der Waals surface area contributed by atoms with Crippen molar-refractivity contribution in [3.8, 4) is 11.8 Å². The molecule has 0 bridgehead atoms. The maximum Gasteiger partial charge on any atom is 0.140 e. The maximum absolute atomic E-state index is 9.11. The van der Waals surface area contributed by atoms with Gasteiger partial charge in [0.1, 0.15) is 11.8 Å². The molecular weight excluding hydrogens is 226 g/mol. The van der Waals surface area contributed by atoms with E-state index in [9.17, 15) is 0 Å². The SMILES string of the molecule is Cc1cccc(C#N)c1OC1CCC(CO)CC1. The zero-order valence-corrected chi connectivity index (χ0v) is 10.7. The van der Waals surface area contributed by atoms with Crippen molar-refractivity contribution in [2.75, 3.05) is 6.61 Å². The van der Waals surface area contributed by atoms with Crippen molar-refractivity contribution in [2.24, 2.45) is 5.92 Å². The smallest absolute Gasteiger partial charge is 0.140 e. The Labute approximate surface area is 108 Å². The van der Waals surface area contributed by atoms with Gasteiger partial charge in [0.05, 0.1) is 11.7 Å². The van der Waals surface area contributed by atoms with E-state index in [0.29, 0.717) is 11.5 Å². The molecule has 1 aromatic rings. The number of aliphatic hydroxyl groups is 1. The van der Waals surface area contributed by atoms with E-state index in [2.05, 4.69) is 6.07 Å². The Balaban J connectivity index is 2.05. The van der Waals surface area contributed by atoms with Gasteiger partial charge < -0.3 is 9.84 Å². The van der Waals surface area contributed by atoms with Gasteiger partial charge in [-0.05, 0) is 50.2 Å². The van der Waals surface area contributed by atoms with Crippen molar-refractivity contribution < 1.29 is 9.84 Å². The van der Waals surface area contributed by atoms with Crippen molar-refractivity contribution in [1.29, 1.82) is 5.26 Å². The summed E-state index contributed by atoms with van der Waals surface area (Å²) >= 11 is 0. The maximum atomic E-state index is 9.11. The molecule has 0 aromatic heterocycles. The minimum atomic E-state index is 0.181. The average Bonchev–Trinajstić information content (AvgIpc) is 2.42. The van der Waals surface area contributed by atoms with Gasteiger partial charge in [0.25, 0.3) is 0 Å². The number of hydrogen-bond acceptors (Lipinski definition) is 3. The topological polar surface area (TPSA) is 53.2 Å². The number of aliphatic hydroxyl groups excluding tert-OH is 1. The van der Waals surface area contributed by atoms with Gasteiger partial charge in [-0.1, -0.05) is 12.1 Å². The molecule has 0 radical (unpaired) electrons. The molecule has 1 aliphatic carbocycles. The quantitative estimate of drug-likeness (QED) is 0.890. The van der Waals surface area contributed by atoms with E-state index in [4.69, 9.17) is 15.1 Å². The molecule has 0 saturated heterocycles. The van der Waals surface area contributed by atoms with Crippen molar-refractivity contribution >= 4 is 0 Å². The summed E-state index contributed by atoms with van der Waals surface area (Å²) in [6.07, 6.45) is 4.12. The first-order valence-corrected chi connectivity index (χ1v) is 6.51. The van der Waals surface area contributed by atoms with E-state index in [-0.39, 0.29) is 12.7 Å². The monoisotopic (exact) mass is 245 g/mol. The summed E-state index contributed by atoms with van der Waals surface area (Å²) in [7, 11) is 0. The number of hydrogen-bond donors (Lipinski definition) is 1. The van der Waals surface area contributed by atoms with Gasteiger partial charge in [-0.15, -0.1) is 0 Å². The number of ether oxygens (including phenoxy) is 1. The number of nitriles is 1. The molecule has 0 amide bonds. The van der Waals surface area contributed by atoms with E-state index < -0.39 is 0 Å². The van der Waals surface area contributed by atoms with Crippen LogP contribution < -0.4 is 4.74 Å². The number of rotatable bonds is 3. The molecule has 0 aliphatic heterocycles. The Kier molecular flexibility index (Phi) is 4.22. The predicted molar refractivity (Wildman–Crippen MR) is 69.4 cm³/mol. The van der Waals surface area contributed by atoms with Gasteiger partial charge in [0.15, 0.2) is 0 Å². The summed E-state index contributed by atoms with van der Waals surface area (Å²) in [5.74, 6) is 1.16. The standard InChI is InChI=1S/C15H19NO2/c1-11-3-2-4-13(9-16)15(11)18-14-7-5-12(10-17)6-8-14/h2-4,12,14,17H,5-8,10H2,1H3. The van der Waals surface area contributed by atoms with Crippen LogP contribution in [0.2, 0.25) is 0 Å². The predicted octanol–water partition coefficient (Wildman–Crippen LogP) is 2.80. The third kappa shape index (κ3) is 2.83. The highest BCUT2D eigenvalue weighted by Gasteiger charge is 2.23. The van der Waals surface area contributed by atoms with Crippen LogP contribution in [0.25, 0.3) is 0 Å². The van der Waals surface area contributed by atoms with Gasteiger partial charge in [0.2, 0.25) is 0 Å². The summed E-state index contributed by atoms with van der Waals surface area (Å²) in [5.41, 5.74) is 1.62. The molecule has 1 aromatic carbocycles. The van der Waals surface area contributed by atoms with Crippen LogP contribution in [0.4, 0.5) is 0 Å². The lowest BCUT2D eigenvalue weighted by Crippen LogP contribution is -2.26. The number of benzene rings is 1. The third-order valence-corrected chi connectivity index (χ3v) is 3.67. The summed E-state index contributed by atoms with van der Waals surface area (Å²) in [5, 5.41) is 18.2. The molecule has 1 aliphatic rings. The van der Waals surface area contributed by atoms with Crippen LogP contribution in [0, 0.1) is 24.2 Å². The lowest BCUT2D eigenvalue weighted by atomic mass is 9.88. The molecule has 3 heteroatoms. The summed E-state index contributed by atoms with van der Waals surface area (Å²) in [6.45, 7) is 2.25. The highest BCUT2D eigenvalue weighted by atomic mass is 16.5. The molecule has 0 spiro atoms. The van der Waals surface area contributed by atoms with Gasteiger partial charge in [-0.25, -0.2) is 0 Å². The van der Waals surface area contributed by atoms with Gasteiger partial charge in [-0.3, -0.25) is 0 Å². The zero-order valence-electron chi connectivity index (χ0n) is 10.7.